The summed E-state index contributed by atoms with van der Waals surface area (Å²) in [6, 6.07) is 10.3. The van der Waals surface area contributed by atoms with Crippen LogP contribution in [0.2, 0.25) is 0 Å². The van der Waals surface area contributed by atoms with Gasteiger partial charge < -0.3 is 9.52 Å². The molecule has 1 N–H and O–H groups in total. The molecule has 0 aliphatic carbocycles. The highest BCUT2D eigenvalue weighted by Crippen LogP contribution is 2.22. The first kappa shape index (κ1) is 17.1. The van der Waals surface area contributed by atoms with Gasteiger partial charge in [-0.05, 0) is 25.5 Å². The van der Waals surface area contributed by atoms with Crippen molar-refractivity contribution in [3.05, 3.63) is 41.8 Å². The van der Waals surface area contributed by atoms with E-state index in [1.807, 2.05) is 37.3 Å². The van der Waals surface area contributed by atoms with Gasteiger partial charge in [0.15, 0.2) is 0 Å². The molecule has 1 aliphatic heterocycles. The van der Waals surface area contributed by atoms with Crippen molar-refractivity contribution in [3.8, 4) is 11.5 Å². The SMILES string of the molecule is CCC(CO)N1CCN(Cc2nc(-c3ccccc3)oc2C)CC1. The molecule has 0 radical (unpaired) electrons. The quantitative estimate of drug-likeness (QED) is 0.883. The summed E-state index contributed by atoms with van der Waals surface area (Å²) >= 11 is 0. The lowest BCUT2D eigenvalue weighted by molar-refractivity contribution is 0.0603. The van der Waals surface area contributed by atoms with E-state index in [1.165, 1.54) is 0 Å². The third-order valence-corrected chi connectivity index (χ3v) is 4.89. The number of aromatic nitrogens is 1. The maximum absolute atomic E-state index is 9.45. The maximum atomic E-state index is 9.45. The van der Waals surface area contributed by atoms with E-state index in [-0.39, 0.29) is 6.61 Å². The van der Waals surface area contributed by atoms with Crippen molar-refractivity contribution in [1.29, 1.82) is 0 Å². The van der Waals surface area contributed by atoms with Crippen LogP contribution in [0.4, 0.5) is 0 Å². The van der Waals surface area contributed by atoms with E-state index < -0.39 is 0 Å². The van der Waals surface area contributed by atoms with Gasteiger partial charge in [-0.25, -0.2) is 4.98 Å². The van der Waals surface area contributed by atoms with E-state index in [9.17, 15) is 5.11 Å². The molecular formula is C19H27N3O2. The molecular weight excluding hydrogens is 302 g/mol. The van der Waals surface area contributed by atoms with Crippen LogP contribution >= 0.6 is 0 Å². The van der Waals surface area contributed by atoms with Gasteiger partial charge in [-0.2, -0.15) is 0 Å². The Kier molecular flexibility index (Phi) is 5.66. The van der Waals surface area contributed by atoms with Crippen molar-refractivity contribution in [2.45, 2.75) is 32.9 Å². The van der Waals surface area contributed by atoms with Gasteiger partial charge in [-0.3, -0.25) is 9.80 Å². The Balaban J connectivity index is 1.61. The zero-order valence-electron chi connectivity index (χ0n) is 14.6. The second kappa shape index (κ2) is 7.92. The number of aliphatic hydroxyl groups is 1. The first-order chi connectivity index (χ1) is 11.7. The summed E-state index contributed by atoms with van der Waals surface area (Å²) in [4.78, 5) is 9.51. The number of aliphatic hydroxyl groups excluding tert-OH is 1. The third-order valence-electron chi connectivity index (χ3n) is 4.89. The van der Waals surface area contributed by atoms with Gasteiger partial charge in [0.05, 0.1) is 12.3 Å². The van der Waals surface area contributed by atoms with Crippen molar-refractivity contribution >= 4 is 0 Å². The van der Waals surface area contributed by atoms with Crippen molar-refractivity contribution in [2.75, 3.05) is 32.8 Å². The highest BCUT2D eigenvalue weighted by atomic mass is 16.4. The summed E-state index contributed by atoms with van der Waals surface area (Å²) in [5.41, 5.74) is 2.04. The second-order valence-electron chi connectivity index (χ2n) is 6.44. The van der Waals surface area contributed by atoms with Crippen LogP contribution in [-0.2, 0) is 6.54 Å². The monoisotopic (exact) mass is 329 g/mol. The molecule has 0 amide bonds. The summed E-state index contributed by atoms with van der Waals surface area (Å²) in [6.07, 6.45) is 0.999. The van der Waals surface area contributed by atoms with Gasteiger partial charge in [0.25, 0.3) is 0 Å². The topological polar surface area (TPSA) is 52.7 Å². The number of hydrogen-bond donors (Lipinski definition) is 1. The van der Waals surface area contributed by atoms with Crippen LogP contribution < -0.4 is 0 Å². The Hall–Kier alpha value is -1.69. The number of oxazole rings is 1. The number of nitrogens with zero attached hydrogens (tertiary/aromatic N) is 3. The Labute approximate surface area is 143 Å². The van der Waals surface area contributed by atoms with Crippen LogP contribution in [0.15, 0.2) is 34.7 Å². The van der Waals surface area contributed by atoms with Crippen molar-refractivity contribution in [3.63, 3.8) is 0 Å². The fourth-order valence-electron chi connectivity index (χ4n) is 3.28. The summed E-state index contributed by atoms with van der Waals surface area (Å²) in [7, 11) is 0. The smallest absolute Gasteiger partial charge is 0.226 e. The maximum Gasteiger partial charge on any atom is 0.226 e. The molecule has 0 bridgehead atoms. The van der Waals surface area contributed by atoms with Crippen LogP contribution in [0.1, 0.15) is 24.8 Å². The molecule has 5 nitrogen and oxygen atoms in total. The average molecular weight is 329 g/mol. The number of hydrogen-bond acceptors (Lipinski definition) is 5. The van der Waals surface area contributed by atoms with Gasteiger partial charge in [0, 0.05) is 44.3 Å². The molecule has 130 valence electrons. The Bertz CT molecular complexity index is 629. The van der Waals surface area contributed by atoms with E-state index >= 15 is 0 Å². The molecule has 0 spiro atoms. The van der Waals surface area contributed by atoms with Crippen molar-refractivity contribution < 1.29 is 9.52 Å². The third kappa shape index (κ3) is 3.86. The van der Waals surface area contributed by atoms with Crippen molar-refractivity contribution in [1.82, 2.24) is 14.8 Å². The number of piperazine rings is 1. The van der Waals surface area contributed by atoms with E-state index in [4.69, 9.17) is 9.40 Å². The molecule has 1 saturated heterocycles. The lowest BCUT2D eigenvalue weighted by Gasteiger charge is -2.38. The summed E-state index contributed by atoms with van der Waals surface area (Å²) in [5.74, 6) is 1.60. The second-order valence-corrected chi connectivity index (χ2v) is 6.44. The Morgan fingerprint density at radius 3 is 2.50 bits per heavy atom. The first-order valence-corrected chi connectivity index (χ1v) is 8.80. The van der Waals surface area contributed by atoms with Crippen LogP contribution in [0.3, 0.4) is 0 Å². The first-order valence-electron chi connectivity index (χ1n) is 8.80. The molecule has 0 saturated carbocycles. The number of benzene rings is 1. The summed E-state index contributed by atoms with van der Waals surface area (Å²) in [6.45, 7) is 9.21. The highest BCUT2D eigenvalue weighted by Gasteiger charge is 2.23. The lowest BCUT2D eigenvalue weighted by atomic mass is 10.1. The van der Waals surface area contributed by atoms with Gasteiger partial charge >= 0.3 is 0 Å². The van der Waals surface area contributed by atoms with Crippen LogP contribution in [0.25, 0.3) is 11.5 Å². The van der Waals surface area contributed by atoms with Gasteiger partial charge in [-0.1, -0.05) is 25.1 Å². The fraction of sp³-hybridized carbons (Fsp3) is 0.526. The minimum atomic E-state index is 0.249. The molecule has 1 unspecified atom stereocenters. The minimum Gasteiger partial charge on any atom is -0.441 e. The van der Waals surface area contributed by atoms with Crippen LogP contribution in [-0.4, -0.2) is 58.7 Å². The van der Waals surface area contributed by atoms with E-state index in [0.717, 1.165) is 56.2 Å². The molecule has 1 aromatic carbocycles. The van der Waals surface area contributed by atoms with E-state index in [2.05, 4.69) is 16.7 Å². The standard InChI is InChI=1S/C19H27N3O2/c1-3-17(14-23)22-11-9-21(10-12-22)13-18-15(2)24-19(20-18)16-7-5-4-6-8-16/h4-8,17,23H,3,9-14H2,1-2H3. The molecule has 3 rings (SSSR count). The fourth-order valence-corrected chi connectivity index (χ4v) is 3.28. The molecule has 1 aliphatic rings. The predicted octanol–water partition coefficient (Wildman–Crippen LogP) is 2.54. The lowest BCUT2D eigenvalue weighted by Crippen LogP contribution is -2.50. The zero-order chi connectivity index (χ0) is 16.9. The zero-order valence-corrected chi connectivity index (χ0v) is 14.6. The Morgan fingerprint density at radius 2 is 1.88 bits per heavy atom. The molecule has 24 heavy (non-hydrogen) atoms. The van der Waals surface area contributed by atoms with Gasteiger partial charge in [0.2, 0.25) is 5.89 Å². The summed E-state index contributed by atoms with van der Waals surface area (Å²) < 4.78 is 5.86. The molecule has 1 fully saturated rings. The average Bonchev–Trinajstić information content (AvgIpc) is 2.99. The molecule has 1 atom stereocenters. The largest absolute Gasteiger partial charge is 0.441 e. The Morgan fingerprint density at radius 1 is 1.17 bits per heavy atom. The van der Waals surface area contributed by atoms with Gasteiger partial charge in [-0.15, -0.1) is 0 Å². The number of aryl methyl sites for hydroxylation is 1. The van der Waals surface area contributed by atoms with Crippen LogP contribution in [0, 0.1) is 6.92 Å². The van der Waals surface area contributed by atoms with E-state index in [0.29, 0.717) is 11.9 Å². The van der Waals surface area contributed by atoms with Crippen LogP contribution in [0.5, 0.6) is 0 Å². The normalized spacial score (nSPS) is 18.0. The summed E-state index contributed by atoms with van der Waals surface area (Å²) in [5, 5.41) is 9.45. The van der Waals surface area contributed by atoms with Crippen molar-refractivity contribution in [2.24, 2.45) is 0 Å². The van der Waals surface area contributed by atoms with Gasteiger partial charge in [0.1, 0.15) is 5.76 Å². The molecule has 1 aromatic heterocycles. The van der Waals surface area contributed by atoms with E-state index in [1.54, 1.807) is 0 Å². The minimum absolute atomic E-state index is 0.249. The molecule has 5 heteroatoms. The molecule has 2 aromatic rings. The predicted molar refractivity (Wildman–Crippen MR) is 94.7 cm³/mol. The molecule has 2 heterocycles. The highest BCUT2D eigenvalue weighted by molar-refractivity contribution is 5.53. The number of rotatable bonds is 6.